The van der Waals surface area contributed by atoms with Gasteiger partial charge >= 0.3 is 0 Å². The molecule has 0 saturated heterocycles. The molecule has 4 rings (SSSR count). The standard InChI is InChI=1S/C17H20N2O2/c20-9-14-10-5-6-11(7-10)16(14)19-17(21)13-8-18-15-4-2-1-3-12(13)15/h1-4,8,10-11,14,16,18,20H,5-7,9H2,(H,19,21)/t10-,11-,14-,16-/m0/s1. The number of fused-ring (bicyclic) bond motifs is 3. The number of aliphatic hydroxyl groups is 1. The van der Waals surface area contributed by atoms with Gasteiger partial charge in [0.05, 0.1) is 5.56 Å². The van der Waals surface area contributed by atoms with Crippen molar-refractivity contribution in [2.75, 3.05) is 6.61 Å². The van der Waals surface area contributed by atoms with E-state index in [1.54, 1.807) is 6.20 Å². The third-order valence-corrected chi connectivity index (χ3v) is 5.43. The predicted octanol–water partition coefficient (Wildman–Crippen LogP) is 2.30. The lowest BCUT2D eigenvalue weighted by atomic mass is 9.85. The van der Waals surface area contributed by atoms with E-state index in [0.29, 0.717) is 17.4 Å². The van der Waals surface area contributed by atoms with Crippen LogP contribution in [0.25, 0.3) is 10.9 Å². The molecule has 1 heterocycles. The molecule has 2 aliphatic rings. The summed E-state index contributed by atoms with van der Waals surface area (Å²) in [6.45, 7) is 0.181. The van der Waals surface area contributed by atoms with Crippen LogP contribution < -0.4 is 5.32 Å². The fourth-order valence-electron chi connectivity index (χ4n) is 4.39. The summed E-state index contributed by atoms with van der Waals surface area (Å²) >= 11 is 0. The zero-order valence-electron chi connectivity index (χ0n) is 11.9. The first kappa shape index (κ1) is 12.9. The fourth-order valence-corrected chi connectivity index (χ4v) is 4.39. The van der Waals surface area contributed by atoms with E-state index < -0.39 is 0 Å². The number of carbonyl (C=O) groups is 1. The number of benzene rings is 1. The minimum atomic E-state index is -0.0246. The van der Waals surface area contributed by atoms with Gasteiger partial charge < -0.3 is 15.4 Å². The second-order valence-electron chi connectivity index (χ2n) is 6.43. The molecule has 2 aliphatic carbocycles. The number of aromatic nitrogens is 1. The third-order valence-electron chi connectivity index (χ3n) is 5.43. The molecule has 0 unspecified atom stereocenters. The largest absolute Gasteiger partial charge is 0.396 e. The zero-order valence-corrected chi connectivity index (χ0v) is 11.9. The molecule has 4 atom stereocenters. The quantitative estimate of drug-likeness (QED) is 0.809. The molecule has 21 heavy (non-hydrogen) atoms. The van der Waals surface area contributed by atoms with Crippen LogP contribution >= 0.6 is 0 Å². The van der Waals surface area contributed by atoms with Gasteiger partial charge in [0.2, 0.25) is 0 Å². The second-order valence-corrected chi connectivity index (χ2v) is 6.43. The van der Waals surface area contributed by atoms with Gasteiger partial charge in [0.25, 0.3) is 5.91 Å². The topological polar surface area (TPSA) is 65.1 Å². The van der Waals surface area contributed by atoms with Crippen LogP contribution in [0, 0.1) is 17.8 Å². The Morgan fingerprint density at radius 1 is 1.29 bits per heavy atom. The van der Waals surface area contributed by atoms with Crippen molar-refractivity contribution in [3.05, 3.63) is 36.0 Å². The number of rotatable bonds is 3. The molecule has 4 heteroatoms. The SMILES string of the molecule is O=C(N[C@H]1[C@H]2CC[C@@H](C2)[C@@H]1CO)c1c[nH]c2ccccc12. The normalized spacial score (nSPS) is 30.9. The Balaban J connectivity index is 1.58. The van der Waals surface area contributed by atoms with Crippen molar-refractivity contribution in [2.24, 2.45) is 17.8 Å². The van der Waals surface area contributed by atoms with Crippen LogP contribution in [-0.4, -0.2) is 28.6 Å². The van der Waals surface area contributed by atoms with Crippen molar-refractivity contribution in [1.82, 2.24) is 10.3 Å². The summed E-state index contributed by atoms with van der Waals surface area (Å²) in [4.78, 5) is 15.7. The molecule has 2 saturated carbocycles. The molecule has 1 amide bonds. The molecular formula is C17H20N2O2. The first-order chi connectivity index (χ1) is 10.3. The number of nitrogens with one attached hydrogen (secondary N) is 2. The van der Waals surface area contributed by atoms with Crippen LogP contribution in [0.15, 0.2) is 30.5 Å². The van der Waals surface area contributed by atoms with E-state index in [1.807, 2.05) is 24.3 Å². The molecule has 1 aromatic carbocycles. The van der Waals surface area contributed by atoms with Crippen LogP contribution in [0.4, 0.5) is 0 Å². The molecule has 2 bridgehead atoms. The van der Waals surface area contributed by atoms with Gasteiger partial charge in [-0.2, -0.15) is 0 Å². The summed E-state index contributed by atoms with van der Waals surface area (Å²) < 4.78 is 0. The van der Waals surface area contributed by atoms with Crippen molar-refractivity contribution >= 4 is 16.8 Å². The monoisotopic (exact) mass is 284 g/mol. The van der Waals surface area contributed by atoms with Crippen molar-refractivity contribution in [3.63, 3.8) is 0 Å². The predicted molar refractivity (Wildman–Crippen MR) is 81.0 cm³/mol. The molecule has 0 radical (unpaired) electrons. The van der Waals surface area contributed by atoms with Crippen LogP contribution in [-0.2, 0) is 0 Å². The van der Waals surface area contributed by atoms with Gasteiger partial charge in [0.1, 0.15) is 0 Å². The smallest absolute Gasteiger partial charge is 0.253 e. The third kappa shape index (κ3) is 1.97. The van der Waals surface area contributed by atoms with Crippen LogP contribution in [0.1, 0.15) is 29.6 Å². The van der Waals surface area contributed by atoms with Gasteiger partial charge in [-0.05, 0) is 37.2 Å². The lowest BCUT2D eigenvalue weighted by Gasteiger charge is -2.30. The van der Waals surface area contributed by atoms with E-state index in [9.17, 15) is 9.90 Å². The Bertz CT molecular complexity index is 678. The molecule has 1 aromatic heterocycles. The van der Waals surface area contributed by atoms with E-state index in [0.717, 1.165) is 17.3 Å². The average molecular weight is 284 g/mol. The van der Waals surface area contributed by atoms with E-state index in [1.165, 1.54) is 12.8 Å². The maximum absolute atomic E-state index is 12.6. The number of hydrogen-bond donors (Lipinski definition) is 3. The van der Waals surface area contributed by atoms with Gasteiger partial charge in [0.15, 0.2) is 0 Å². The van der Waals surface area contributed by atoms with E-state index in [-0.39, 0.29) is 24.5 Å². The van der Waals surface area contributed by atoms with E-state index in [4.69, 9.17) is 0 Å². The van der Waals surface area contributed by atoms with Crippen molar-refractivity contribution in [2.45, 2.75) is 25.3 Å². The summed E-state index contributed by atoms with van der Waals surface area (Å²) in [6, 6.07) is 7.97. The maximum Gasteiger partial charge on any atom is 0.253 e. The van der Waals surface area contributed by atoms with Crippen LogP contribution in [0.3, 0.4) is 0 Å². The maximum atomic E-state index is 12.6. The van der Waals surface area contributed by atoms with E-state index in [2.05, 4.69) is 10.3 Å². The first-order valence-corrected chi connectivity index (χ1v) is 7.75. The highest BCUT2D eigenvalue weighted by molar-refractivity contribution is 6.06. The van der Waals surface area contributed by atoms with Gasteiger partial charge in [-0.3, -0.25) is 4.79 Å². The zero-order chi connectivity index (χ0) is 14.4. The van der Waals surface area contributed by atoms with Crippen LogP contribution in [0.5, 0.6) is 0 Å². The molecule has 4 nitrogen and oxygen atoms in total. The summed E-state index contributed by atoms with van der Waals surface area (Å²) in [6.07, 6.45) is 5.32. The second kappa shape index (κ2) is 4.88. The first-order valence-electron chi connectivity index (χ1n) is 7.75. The Hall–Kier alpha value is -1.81. The number of amides is 1. The van der Waals surface area contributed by atoms with Crippen molar-refractivity contribution in [1.29, 1.82) is 0 Å². The number of aliphatic hydroxyl groups excluding tert-OH is 1. The fraction of sp³-hybridized carbons (Fsp3) is 0.471. The van der Waals surface area contributed by atoms with Crippen molar-refractivity contribution in [3.8, 4) is 0 Å². The number of hydrogen-bond acceptors (Lipinski definition) is 2. The summed E-state index contributed by atoms with van der Waals surface area (Å²) in [7, 11) is 0. The Labute approximate surface area is 123 Å². The molecule has 0 spiro atoms. The number of para-hydroxylation sites is 1. The Morgan fingerprint density at radius 3 is 2.95 bits per heavy atom. The Morgan fingerprint density at radius 2 is 2.10 bits per heavy atom. The lowest BCUT2D eigenvalue weighted by Crippen LogP contribution is -2.45. The highest BCUT2D eigenvalue weighted by Crippen LogP contribution is 2.48. The van der Waals surface area contributed by atoms with Gasteiger partial charge in [-0.25, -0.2) is 0 Å². The number of carbonyl (C=O) groups excluding carboxylic acids is 1. The van der Waals surface area contributed by atoms with Gasteiger partial charge in [-0.15, -0.1) is 0 Å². The molecule has 110 valence electrons. The van der Waals surface area contributed by atoms with Gasteiger partial charge in [-0.1, -0.05) is 18.2 Å². The molecule has 3 N–H and O–H groups in total. The lowest BCUT2D eigenvalue weighted by molar-refractivity contribution is 0.0863. The van der Waals surface area contributed by atoms with Gasteiger partial charge in [0, 0.05) is 35.7 Å². The highest BCUT2D eigenvalue weighted by atomic mass is 16.3. The number of aromatic amines is 1. The molecule has 0 aliphatic heterocycles. The minimum Gasteiger partial charge on any atom is -0.396 e. The summed E-state index contributed by atoms with van der Waals surface area (Å²) in [5.74, 6) is 1.34. The van der Waals surface area contributed by atoms with Crippen molar-refractivity contribution < 1.29 is 9.90 Å². The molecular weight excluding hydrogens is 264 g/mol. The number of H-pyrrole nitrogens is 1. The molecule has 2 fully saturated rings. The highest BCUT2D eigenvalue weighted by Gasteiger charge is 2.47. The minimum absolute atomic E-state index is 0.0246. The van der Waals surface area contributed by atoms with Crippen LogP contribution in [0.2, 0.25) is 0 Å². The summed E-state index contributed by atoms with van der Waals surface area (Å²) in [5, 5.41) is 13.8. The van der Waals surface area contributed by atoms with E-state index >= 15 is 0 Å². The summed E-state index contributed by atoms with van der Waals surface area (Å²) in [5.41, 5.74) is 1.68. The molecule has 2 aromatic rings. The average Bonchev–Trinajstić information content (AvgIpc) is 3.20. The Kier molecular flexibility index (Phi) is 3.00.